The van der Waals surface area contributed by atoms with E-state index < -0.39 is 21.7 Å². The van der Waals surface area contributed by atoms with E-state index in [0.717, 1.165) is 0 Å². The monoisotopic (exact) mass is 386 g/mol. The van der Waals surface area contributed by atoms with Gasteiger partial charge in [0.2, 0.25) is 0 Å². The molecule has 0 spiro atoms. The molecule has 0 saturated heterocycles. The van der Waals surface area contributed by atoms with Crippen LogP contribution in [0.4, 0.5) is 11.4 Å². The lowest BCUT2D eigenvalue weighted by Gasteiger charge is -2.07. The number of rotatable bonds is 9. The predicted molar refractivity (Wildman–Crippen MR) is 100 cm³/mol. The maximum atomic E-state index is 12.0. The number of benzene rings is 2. The summed E-state index contributed by atoms with van der Waals surface area (Å²) in [5.74, 6) is -0.825. The molecule has 0 aliphatic heterocycles. The van der Waals surface area contributed by atoms with Gasteiger partial charge in [-0.3, -0.25) is 29.8 Å². The molecule has 0 unspecified atom stereocenters. The molecule has 0 aliphatic rings. The molecule has 2 N–H and O–H groups in total. The Kier molecular flexibility index (Phi) is 7.14. The van der Waals surface area contributed by atoms with E-state index in [1.54, 1.807) is 0 Å². The molecule has 0 radical (unpaired) electrons. The Balaban J connectivity index is 1.70. The second-order valence-corrected chi connectivity index (χ2v) is 5.83. The summed E-state index contributed by atoms with van der Waals surface area (Å²) in [5, 5.41) is 26.8. The number of nitrogens with one attached hydrogen (secondary N) is 2. The van der Waals surface area contributed by atoms with E-state index in [4.69, 9.17) is 0 Å². The van der Waals surface area contributed by atoms with Crippen molar-refractivity contribution in [3.05, 3.63) is 79.9 Å². The van der Waals surface area contributed by atoms with Crippen LogP contribution in [0.2, 0.25) is 0 Å². The van der Waals surface area contributed by atoms with Crippen molar-refractivity contribution in [1.82, 2.24) is 10.6 Å². The van der Waals surface area contributed by atoms with Crippen LogP contribution in [0.5, 0.6) is 0 Å². The van der Waals surface area contributed by atoms with Crippen molar-refractivity contribution in [2.75, 3.05) is 13.1 Å². The van der Waals surface area contributed by atoms with Crippen molar-refractivity contribution in [3.8, 4) is 0 Å². The van der Waals surface area contributed by atoms with E-state index >= 15 is 0 Å². The summed E-state index contributed by atoms with van der Waals surface area (Å²) >= 11 is 0. The average Bonchev–Trinajstić information content (AvgIpc) is 2.70. The molecule has 0 heterocycles. The third-order valence-corrected chi connectivity index (χ3v) is 3.81. The lowest BCUT2D eigenvalue weighted by atomic mass is 10.2. The van der Waals surface area contributed by atoms with E-state index in [9.17, 15) is 29.8 Å². The van der Waals surface area contributed by atoms with Gasteiger partial charge in [0.25, 0.3) is 23.2 Å². The molecular formula is C18H18N4O6. The second kappa shape index (κ2) is 9.76. The molecule has 146 valence electrons. The molecule has 0 saturated carbocycles. The highest BCUT2D eigenvalue weighted by Crippen LogP contribution is 2.13. The number of unbranched alkanes of at least 4 members (excludes halogenated alkanes) is 1. The summed E-state index contributed by atoms with van der Waals surface area (Å²) in [5.41, 5.74) is 0.0920. The maximum absolute atomic E-state index is 12.0. The van der Waals surface area contributed by atoms with Crippen molar-refractivity contribution < 1.29 is 19.4 Å². The number of hydrogen-bond donors (Lipinski definition) is 2. The Morgan fingerprint density at radius 3 is 1.50 bits per heavy atom. The van der Waals surface area contributed by atoms with Gasteiger partial charge >= 0.3 is 0 Å². The zero-order valence-corrected chi connectivity index (χ0v) is 14.8. The fourth-order valence-electron chi connectivity index (χ4n) is 2.38. The van der Waals surface area contributed by atoms with E-state index in [1.807, 2.05) is 0 Å². The van der Waals surface area contributed by atoms with Gasteiger partial charge in [-0.2, -0.15) is 0 Å². The lowest BCUT2D eigenvalue weighted by molar-refractivity contribution is -0.385. The molecule has 10 nitrogen and oxygen atoms in total. The number of nitro benzene ring substituents is 2. The van der Waals surface area contributed by atoms with Crippen molar-refractivity contribution in [2.24, 2.45) is 0 Å². The minimum Gasteiger partial charge on any atom is -0.352 e. The SMILES string of the molecule is O=C(NCCCCNC(=O)c1cccc([N+](=O)[O-])c1)c1cccc([N+](=O)[O-])c1. The summed E-state index contributed by atoms with van der Waals surface area (Å²) in [6, 6.07) is 10.9. The fraction of sp³-hybridized carbons (Fsp3) is 0.222. The minimum absolute atomic E-state index is 0.156. The maximum Gasteiger partial charge on any atom is 0.270 e. The Morgan fingerprint density at radius 1 is 0.750 bits per heavy atom. The van der Waals surface area contributed by atoms with Crippen LogP contribution in [0.25, 0.3) is 0 Å². The molecule has 0 fully saturated rings. The number of nitro groups is 2. The molecule has 0 aliphatic carbocycles. The van der Waals surface area contributed by atoms with Gasteiger partial charge in [0.1, 0.15) is 0 Å². The van der Waals surface area contributed by atoms with Crippen LogP contribution in [0.3, 0.4) is 0 Å². The lowest BCUT2D eigenvalue weighted by Crippen LogP contribution is -2.27. The Morgan fingerprint density at radius 2 is 1.14 bits per heavy atom. The first kappa shape index (κ1) is 20.5. The molecule has 2 amide bonds. The molecular weight excluding hydrogens is 368 g/mol. The summed E-state index contributed by atoms with van der Waals surface area (Å²) in [6.07, 6.45) is 1.16. The molecule has 0 aromatic heterocycles. The number of carbonyl (C=O) groups excluding carboxylic acids is 2. The van der Waals surface area contributed by atoms with Crippen LogP contribution < -0.4 is 10.6 Å². The van der Waals surface area contributed by atoms with Crippen LogP contribution in [0.1, 0.15) is 33.6 Å². The molecule has 10 heteroatoms. The third kappa shape index (κ3) is 5.87. The quantitative estimate of drug-likeness (QED) is 0.385. The molecule has 0 atom stereocenters. The van der Waals surface area contributed by atoms with E-state index in [-0.39, 0.29) is 22.5 Å². The Labute approximate surface area is 159 Å². The number of hydrogen-bond acceptors (Lipinski definition) is 6. The van der Waals surface area contributed by atoms with Crippen LogP contribution >= 0.6 is 0 Å². The van der Waals surface area contributed by atoms with Crippen molar-refractivity contribution in [1.29, 1.82) is 0 Å². The van der Waals surface area contributed by atoms with Crippen molar-refractivity contribution in [2.45, 2.75) is 12.8 Å². The zero-order valence-electron chi connectivity index (χ0n) is 14.8. The normalized spacial score (nSPS) is 10.1. The molecule has 0 bridgehead atoms. The predicted octanol–water partition coefficient (Wildman–Crippen LogP) is 2.44. The van der Waals surface area contributed by atoms with E-state index in [2.05, 4.69) is 10.6 Å². The Hall–Kier alpha value is -3.82. The van der Waals surface area contributed by atoms with Gasteiger partial charge in [-0.25, -0.2) is 0 Å². The highest BCUT2D eigenvalue weighted by atomic mass is 16.6. The van der Waals surface area contributed by atoms with Crippen molar-refractivity contribution >= 4 is 23.2 Å². The van der Waals surface area contributed by atoms with Gasteiger partial charge in [-0.05, 0) is 25.0 Å². The zero-order chi connectivity index (χ0) is 20.5. The molecule has 2 aromatic carbocycles. The van der Waals surface area contributed by atoms with Crippen LogP contribution in [0, 0.1) is 20.2 Å². The highest BCUT2D eigenvalue weighted by molar-refractivity contribution is 5.95. The number of nitrogens with zero attached hydrogens (tertiary/aromatic N) is 2. The van der Waals surface area contributed by atoms with Gasteiger partial charge in [0.15, 0.2) is 0 Å². The standard InChI is InChI=1S/C18H18N4O6/c23-17(13-5-3-7-15(11-13)21(25)26)19-9-1-2-10-20-18(24)14-6-4-8-16(12-14)22(27)28/h3-8,11-12H,1-2,9-10H2,(H,19,23)(H,20,24). The smallest absolute Gasteiger partial charge is 0.270 e. The van der Waals surface area contributed by atoms with E-state index in [0.29, 0.717) is 25.9 Å². The van der Waals surface area contributed by atoms with Gasteiger partial charge in [-0.1, -0.05) is 12.1 Å². The third-order valence-electron chi connectivity index (χ3n) is 3.81. The molecule has 2 aromatic rings. The Bertz CT molecular complexity index is 826. The fourth-order valence-corrected chi connectivity index (χ4v) is 2.38. The van der Waals surface area contributed by atoms with Crippen LogP contribution in [-0.2, 0) is 0 Å². The largest absolute Gasteiger partial charge is 0.352 e. The second-order valence-electron chi connectivity index (χ2n) is 5.83. The minimum atomic E-state index is -0.569. The number of non-ortho nitro benzene ring substituents is 2. The highest BCUT2D eigenvalue weighted by Gasteiger charge is 2.12. The first-order chi connectivity index (χ1) is 13.4. The first-order valence-electron chi connectivity index (χ1n) is 8.44. The van der Waals surface area contributed by atoms with Crippen LogP contribution in [-0.4, -0.2) is 34.8 Å². The average molecular weight is 386 g/mol. The first-order valence-corrected chi connectivity index (χ1v) is 8.44. The summed E-state index contributed by atoms with van der Waals surface area (Å²) in [4.78, 5) is 44.3. The number of amides is 2. The van der Waals surface area contributed by atoms with Crippen molar-refractivity contribution in [3.63, 3.8) is 0 Å². The summed E-state index contributed by atoms with van der Waals surface area (Å²) in [7, 11) is 0. The van der Waals surface area contributed by atoms with E-state index in [1.165, 1.54) is 48.5 Å². The summed E-state index contributed by atoms with van der Waals surface area (Å²) < 4.78 is 0. The van der Waals surface area contributed by atoms with Gasteiger partial charge in [0.05, 0.1) is 9.85 Å². The topological polar surface area (TPSA) is 144 Å². The van der Waals surface area contributed by atoms with Gasteiger partial charge < -0.3 is 10.6 Å². The summed E-state index contributed by atoms with van der Waals surface area (Å²) in [6.45, 7) is 0.683. The number of carbonyl (C=O) groups is 2. The molecule has 2 rings (SSSR count). The molecule has 28 heavy (non-hydrogen) atoms. The van der Waals surface area contributed by atoms with Gasteiger partial charge in [-0.15, -0.1) is 0 Å². The van der Waals surface area contributed by atoms with Crippen LogP contribution in [0.15, 0.2) is 48.5 Å². The van der Waals surface area contributed by atoms with Gasteiger partial charge in [0, 0.05) is 48.5 Å².